The van der Waals surface area contributed by atoms with Crippen molar-refractivity contribution >= 4 is 33.2 Å². The SMILES string of the molecule is Cc1ccc(NC(=O)Cc2ccccc2N)cc1Br. The molecule has 0 unspecified atom stereocenters. The number of carbonyl (C=O) groups is 1. The van der Waals surface area contributed by atoms with Crippen molar-refractivity contribution < 1.29 is 4.79 Å². The molecule has 98 valence electrons. The number of nitrogens with two attached hydrogens (primary N) is 1. The van der Waals surface area contributed by atoms with E-state index < -0.39 is 0 Å². The minimum absolute atomic E-state index is 0.0753. The van der Waals surface area contributed by atoms with Crippen molar-refractivity contribution in [2.75, 3.05) is 11.1 Å². The summed E-state index contributed by atoms with van der Waals surface area (Å²) in [6.07, 6.45) is 0.276. The number of para-hydroxylation sites is 1. The van der Waals surface area contributed by atoms with Gasteiger partial charge in [0.15, 0.2) is 0 Å². The van der Waals surface area contributed by atoms with E-state index in [1.807, 2.05) is 43.3 Å². The molecule has 0 atom stereocenters. The Morgan fingerprint density at radius 3 is 2.68 bits per heavy atom. The molecule has 3 nitrogen and oxygen atoms in total. The van der Waals surface area contributed by atoms with Crippen molar-refractivity contribution in [3.05, 3.63) is 58.1 Å². The van der Waals surface area contributed by atoms with Crippen LogP contribution in [-0.2, 0) is 11.2 Å². The second-order valence-electron chi connectivity index (χ2n) is 4.39. The molecular formula is C15H15BrN2O. The summed E-state index contributed by atoms with van der Waals surface area (Å²) in [7, 11) is 0. The molecule has 0 aromatic heterocycles. The topological polar surface area (TPSA) is 55.1 Å². The molecule has 2 aromatic carbocycles. The maximum atomic E-state index is 11.9. The summed E-state index contributed by atoms with van der Waals surface area (Å²) in [6, 6.07) is 13.1. The summed E-state index contributed by atoms with van der Waals surface area (Å²) >= 11 is 3.44. The van der Waals surface area contributed by atoms with Crippen LogP contribution in [0.15, 0.2) is 46.9 Å². The average molecular weight is 319 g/mol. The van der Waals surface area contributed by atoms with Gasteiger partial charge in [-0.1, -0.05) is 40.2 Å². The zero-order valence-electron chi connectivity index (χ0n) is 10.6. The van der Waals surface area contributed by atoms with Gasteiger partial charge in [-0.2, -0.15) is 0 Å². The van der Waals surface area contributed by atoms with Gasteiger partial charge in [-0.3, -0.25) is 4.79 Å². The van der Waals surface area contributed by atoms with Gasteiger partial charge in [0.25, 0.3) is 0 Å². The predicted molar refractivity (Wildman–Crippen MR) is 82.1 cm³/mol. The molecule has 1 amide bonds. The Hall–Kier alpha value is -1.81. The fourth-order valence-electron chi connectivity index (χ4n) is 1.74. The second-order valence-corrected chi connectivity index (χ2v) is 5.24. The summed E-state index contributed by atoms with van der Waals surface area (Å²) in [6.45, 7) is 2.00. The maximum Gasteiger partial charge on any atom is 0.228 e. The minimum atomic E-state index is -0.0753. The van der Waals surface area contributed by atoms with Crippen molar-refractivity contribution in [1.29, 1.82) is 0 Å². The molecule has 0 bridgehead atoms. The van der Waals surface area contributed by atoms with Crippen LogP contribution in [0.2, 0.25) is 0 Å². The third-order valence-corrected chi connectivity index (χ3v) is 3.72. The number of aryl methyl sites for hydroxylation is 1. The molecule has 0 saturated carbocycles. The minimum Gasteiger partial charge on any atom is -0.398 e. The molecule has 19 heavy (non-hydrogen) atoms. The van der Waals surface area contributed by atoms with E-state index in [1.54, 1.807) is 6.07 Å². The van der Waals surface area contributed by atoms with Crippen molar-refractivity contribution in [2.24, 2.45) is 0 Å². The van der Waals surface area contributed by atoms with E-state index in [2.05, 4.69) is 21.2 Å². The number of benzene rings is 2. The van der Waals surface area contributed by atoms with E-state index in [9.17, 15) is 4.79 Å². The second kappa shape index (κ2) is 5.89. The number of hydrogen-bond acceptors (Lipinski definition) is 2. The lowest BCUT2D eigenvalue weighted by molar-refractivity contribution is -0.115. The van der Waals surface area contributed by atoms with E-state index in [0.717, 1.165) is 21.3 Å². The first kappa shape index (κ1) is 13.6. The first-order chi connectivity index (χ1) is 9.06. The van der Waals surface area contributed by atoms with Crippen molar-refractivity contribution in [3.63, 3.8) is 0 Å². The number of hydrogen-bond donors (Lipinski definition) is 2. The molecule has 0 aliphatic rings. The van der Waals surface area contributed by atoms with Gasteiger partial charge >= 0.3 is 0 Å². The molecule has 0 aliphatic heterocycles. The number of carbonyl (C=O) groups excluding carboxylic acids is 1. The number of anilines is 2. The normalized spacial score (nSPS) is 10.2. The fraction of sp³-hybridized carbons (Fsp3) is 0.133. The van der Waals surface area contributed by atoms with E-state index >= 15 is 0 Å². The average Bonchev–Trinajstić information content (AvgIpc) is 2.37. The van der Waals surface area contributed by atoms with Crippen LogP contribution in [0, 0.1) is 6.92 Å². The molecule has 2 rings (SSSR count). The van der Waals surface area contributed by atoms with Gasteiger partial charge in [-0.05, 0) is 36.2 Å². The number of rotatable bonds is 3. The van der Waals surface area contributed by atoms with Gasteiger partial charge < -0.3 is 11.1 Å². The van der Waals surface area contributed by atoms with E-state index in [1.165, 1.54) is 0 Å². The van der Waals surface area contributed by atoms with Crippen molar-refractivity contribution in [3.8, 4) is 0 Å². The smallest absolute Gasteiger partial charge is 0.228 e. The summed E-state index contributed by atoms with van der Waals surface area (Å²) in [5, 5.41) is 2.86. The highest BCUT2D eigenvalue weighted by molar-refractivity contribution is 9.10. The quantitative estimate of drug-likeness (QED) is 0.851. The van der Waals surface area contributed by atoms with Crippen LogP contribution in [0.1, 0.15) is 11.1 Å². The van der Waals surface area contributed by atoms with Crippen LogP contribution >= 0.6 is 15.9 Å². The third kappa shape index (κ3) is 3.58. The van der Waals surface area contributed by atoms with Gasteiger partial charge in [-0.25, -0.2) is 0 Å². The van der Waals surface area contributed by atoms with Crippen LogP contribution in [0.25, 0.3) is 0 Å². The van der Waals surface area contributed by atoms with Crippen LogP contribution in [0.4, 0.5) is 11.4 Å². The fourth-order valence-corrected chi connectivity index (χ4v) is 2.12. The number of nitrogen functional groups attached to an aromatic ring is 1. The Kier molecular flexibility index (Phi) is 4.22. The number of halogens is 1. The van der Waals surface area contributed by atoms with Gasteiger partial charge in [-0.15, -0.1) is 0 Å². The first-order valence-corrected chi connectivity index (χ1v) is 6.75. The molecular weight excluding hydrogens is 304 g/mol. The highest BCUT2D eigenvalue weighted by Gasteiger charge is 2.07. The Morgan fingerprint density at radius 1 is 1.26 bits per heavy atom. The highest BCUT2D eigenvalue weighted by atomic mass is 79.9. The van der Waals surface area contributed by atoms with Crippen LogP contribution in [-0.4, -0.2) is 5.91 Å². The van der Waals surface area contributed by atoms with Crippen LogP contribution in [0.3, 0.4) is 0 Å². The molecule has 0 spiro atoms. The lowest BCUT2D eigenvalue weighted by Gasteiger charge is -2.08. The lowest BCUT2D eigenvalue weighted by Crippen LogP contribution is -2.15. The Bertz CT molecular complexity index is 611. The Labute approximate surface area is 121 Å². The number of amides is 1. The van der Waals surface area contributed by atoms with Crippen LogP contribution < -0.4 is 11.1 Å². The Balaban J connectivity index is 2.05. The van der Waals surface area contributed by atoms with E-state index in [0.29, 0.717) is 5.69 Å². The lowest BCUT2D eigenvalue weighted by atomic mass is 10.1. The standard InChI is InChI=1S/C15H15BrN2O/c1-10-6-7-12(9-13(10)16)18-15(19)8-11-4-2-3-5-14(11)17/h2-7,9H,8,17H2,1H3,(H,18,19). The highest BCUT2D eigenvalue weighted by Crippen LogP contribution is 2.21. The van der Waals surface area contributed by atoms with Crippen molar-refractivity contribution in [1.82, 2.24) is 0 Å². The molecule has 0 heterocycles. The molecule has 0 saturated heterocycles. The van der Waals surface area contributed by atoms with E-state index in [4.69, 9.17) is 5.73 Å². The van der Waals surface area contributed by atoms with E-state index in [-0.39, 0.29) is 12.3 Å². The molecule has 0 radical (unpaired) electrons. The summed E-state index contributed by atoms with van der Waals surface area (Å²) in [5.74, 6) is -0.0753. The molecule has 0 aliphatic carbocycles. The van der Waals surface area contributed by atoms with Gasteiger partial charge in [0.2, 0.25) is 5.91 Å². The molecule has 4 heteroatoms. The number of nitrogens with one attached hydrogen (secondary N) is 1. The third-order valence-electron chi connectivity index (χ3n) is 2.86. The largest absolute Gasteiger partial charge is 0.398 e. The summed E-state index contributed by atoms with van der Waals surface area (Å²) in [4.78, 5) is 11.9. The first-order valence-electron chi connectivity index (χ1n) is 5.95. The molecule has 0 fully saturated rings. The van der Waals surface area contributed by atoms with Gasteiger partial charge in [0.1, 0.15) is 0 Å². The molecule has 2 aromatic rings. The summed E-state index contributed by atoms with van der Waals surface area (Å²) < 4.78 is 0.976. The monoisotopic (exact) mass is 318 g/mol. The van der Waals surface area contributed by atoms with Gasteiger partial charge in [0.05, 0.1) is 6.42 Å². The maximum absolute atomic E-state index is 11.9. The predicted octanol–water partition coefficient (Wildman–Crippen LogP) is 3.52. The summed E-state index contributed by atoms with van der Waals surface area (Å²) in [5.41, 5.74) is 9.20. The Morgan fingerprint density at radius 2 is 2.00 bits per heavy atom. The van der Waals surface area contributed by atoms with Crippen LogP contribution in [0.5, 0.6) is 0 Å². The zero-order valence-corrected chi connectivity index (χ0v) is 12.2. The van der Waals surface area contributed by atoms with Crippen molar-refractivity contribution in [2.45, 2.75) is 13.3 Å². The molecule has 3 N–H and O–H groups in total. The van der Waals surface area contributed by atoms with Gasteiger partial charge in [0, 0.05) is 15.8 Å². The zero-order chi connectivity index (χ0) is 13.8.